The van der Waals surface area contributed by atoms with Gasteiger partial charge in [-0.2, -0.15) is 0 Å². The fourth-order valence-electron chi connectivity index (χ4n) is 3.40. The van der Waals surface area contributed by atoms with Crippen molar-refractivity contribution in [2.24, 2.45) is 5.92 Å². The van der Waals surface area contributed by atoms with Gasteiger partial charge in [0.25, 0.3) is 0 Å². The zero-order valence-corrected chi connectivity index (χ0v) is 17.1. The summed E-state index contributed by atoms with van der Waals surface area (Å²) in [6, 6.07) is 18.7. The fourth-order valence-corrected chi connectivity index (χ4v) is 3.40. The summed E-state index contributed by atoms with van der Waals surface area (Å²) < 4.78 is 31.8. The molecule has 1 saturated heterocycles. The SMILES string of the molecule is O=C(NNc1cccc(OCc2ccc(F)cc2)c1)[C@H]1CC(=O)N(c2ccc(F)cc2)C1. The van der Waals surface area contributed by atoms with Crippen molar-refractivity contribution >= 4 is 23.2 Å². The maximum Gasteiger partial charge on any atom is 0.243 e. The van der Waals surface area contributed by atoms with Crippen LogP contribution in [0.4, 0.5) is 20.2 Å². The van der Waals surface area contributed by atoms with E-state index in [2.05, 4.69) is 10.9 Å². The molecule has 8 heteroatoms. The number of amides is 2. The standard InChI is InChI=1S/C24H21F2N3O3/c25-18-6-4-16(5-7-18)15-32-22-3-1-2-20(13-22)27-28-24(31)17-12-23(30)29(14-17)21-10-8-19(26)9-11-21/h1-11,13,17,27H,12,14-15H2,(H,28,31)/t17-/m0/s1. The molecule has 0 spiro atoms. The second-order valence-corrected chi connectivity index (χ2v) is 7.44. The molecule has 164 valence electrons. The molecule has 6 nitrogen and oxygen atoms in total. The van der Waals surface area contributed by atoms with Crippen molar-refractivity contribution in [3.63, 3.8) is 0 Å². The van der Waals surface area contributed by atoms with Crippen molar-refractivity contribution in [1.29, 1.82) is 0 Å². The molecule has 32 heavy (non-hydrogen) atoms. The normalized spacial score (nSPS) is 15.5. The van der Waals surface area contributed by atoms with Gasteiger partial charge in [-0.3, -0.25) is 20.4 Å². The van der Waals surface area contributed by atoms with Crippen molar-refractivity contribution in [3.05, 3.63) is 90.0 Å². The van der Waals surface area contributed by atoms with E-state index in [0.29, 0.717) is 17.1 Å². The molecule has 0 aromatic heterocycles. The van der Waals surface area contributed by atoms with Crippen molar-refractivity contribution in [2.45, 2.75) is 13.0 Å². The molecular weight excluding hydrogens is 416 g/mol. The highest BCUT2D eigenvalue weighted by molar-refractivity contribution is 6.00. The van der Waals surface area contributed by atoms with Gasteiger partial charge in [0.2, 0.25) is 11.8 Å². The van der Waals surface area contributed by atoms with Gasteiger partial charge in [0.15, 0.2) is 0 Å². The first-order chi connectivity index (χ1) is 15.5. The van der Waals surface area contributed by atoms with Crippen molar-refractivity contribution in [1.82, 2.24) is 5.43 Å². The number of halogens is 2. The van der Waals surface area contributed by atoms with E-state index in [0.717, 1.165) is 5.56 Å². The average Bonchev–Trinajstić information content (AvgIpc) is 3.19. The van der Waals surface area contributed by atoms with Crippen LogP contribution in [-0.2, 0) is 16.2 Å². The second-order valence-electron chi connectivity index (χ2n) is 7.44. The van der Waals surface area contributed by atoms with Gasteiger partial charge in [0.05, 0.1) is 11.6 Å². The van der Waals surface area contributed by atoms with E-state index in [-0.39, 0.29) is 43.0 Å². The monoisotopic (exact) mass is 437 g/mol. The number of carbonyl (C=O) groups excluding carboxylic acids is 2. The van der Waals surface area contributed by atoms with E-state index in [4.69, 9.17) is 4.74 Å². The molecule has 0 aliphatic carbocycles. The highest BCUT2D eigenvalue weighted by atomic mass is 19.1. The molecule has 1 aliphatic heterocycles. The van der Waals surface area contributed by atoms with Crippen LogP contribution >= 0.6 is 0 Å². The molecule has 0 unspecified atom stereocenters. The summed E-state index contributed by atoms with van der Waals surface area (Å²) in [5.74, 6) is -1.15. The first-order valence-electron chi connectivity index (χ1n) is 10.1. The first-order valence-corrected chi connectivity index (χ1v) is 10.1. The largest absolute Gasteiger partial charge is 0.489 e. The summed E-state index contributed by atoms with van der Waals surface area (Å²) in [7, 11) is 0. The predicted octanol–water partition coefficient (Wildman–Crippen LogP) is 4.04. The Bertz CT molecular complexity index is 1100. The van der Waals surface area contributed by atoms with Crippen LogP contribution in [0.3, 0.4) is 0 Å². The molecule has 4 rings (SSSR count). The number of rotatable bonds is 7. The number of benzene rings is 3. The van der Waals surface area contributed by atoms with Gasteiger partial charge < -0.3 is 9.64 Å². The number of ether oxygens (including phenoxy) is 1. The molecule has 3 aromatic rings. The Hall–Kier alpha value is -3.94. The molecule has 2 N–H and O–H groups in total. The van der Waals surface area contributed by atoms with Gasteiger partial charge in [-0.25, -0.2) is 8.78 Å². The van der Waals surface area contributed by atoms with Crippen LogP contribution in [0, 0.1) is 17.6 Å². The fraction of sp³-hybridized carbons (Fsp3) is 0.167. The minimum absolute atomic E-state index is 0.0751. The van der Waals surface area contributed by atoms with E-state index in [9.17, 15) is 18.4 Å². The zero-order valence-electron chi connectivity index (χ0n) is 17.1. The van der Waals surface area contributed by atoms with Gasteiger partial charge >= 0.3 is 0 Å². The number of anilines is 2. The Morgan fingerprint density at radius 2 is 1.69 bits per heavy atom. The van der Waals surface area contributed by atoms with E-state index >= 15 is 0 Å². The second kappa shape index (κ2) is 9.47. The Kier molecular flexibility index (Phi) is 6.30. The van der Waals surface area contributed by atoms with Gasteiger partial charge in [0.1, 0.15) is 24.0 Å². The predicted molar refractivity (Wildman–Crippen MR) is 116 cm³/mol. The molecule has 0 saturated carbocycles. The van der Waals surface area contributed by atoms with Crippen LogP contribution in [0.5, 0.6) is 5.75 Å². The van der Waals surface area contributed by atoms with Crippen LogP contribution in [-0.4, -0.2) is 18.4 Å². The van der Waals surface area contributed by atoms with Crippen molar-refractivity contribution in [2.75, 3.05) is 16.9 Å². The Morgan fingerprint density at radius 3 is 2.41 bits per heavy atom. The minimum Gasteiger partial charge on any atom is -0.489 e. The molecule has 1 heterocycles. The van der Waals surface area contributed by atoms with Crippen molar-refractivity contribution < 1.29 is 23.1 Å². The minimum atomic E-state index is -0.530. The first kappa shape index (κ1) is 21.3. The van der Waals surface area contributed by atoms with Crippen LogP contribution in [0.25, 0.3) is 0 Å². The average molecular weight is 437 g/mol. The Balaban J connectivity index is 1.30. The number of hydrazine groups is 1. The third kappa shape index (κ3) is 5.21. The molecule has 2 amide bonds. The van der Waals surface area contributed by atoms with E-state index in [1.807, 2.05) is 0 Å². The number of nitrogens with zero attached hydrogens (tertiary/aromatic N) is 1. The maximum absolute atomic E-state index is 13.1. The summed E-state index contributed by atoms with van der Waals surface area (Å²) >= 11 is 0. The number of nitrogens with one attached hydrogen (secondary N) is 2. The molecule has 1 aliphatic rings. The van der Waals surface area contributed by atoms with E-state index in [1.54, 1.807) is 36.4 Å². The molecule has 0 bridgehead atoms. The van der Waals surface area contributed by atoms with Gasteiger partial charge in [-0.15, -0.1) is 0 Å². The van der Waals surface area contributed by atoms with E-state index in [1.165, 1.54) is 41.3 Å². The molecular formula is C24H21F2N3O3. The molecule has 0 radical (unpaired) electrons. The van der Waals surface area contributed by atoms with Gasteiger partial charge in [-0.05, 0) is 54.1 Å². The molecule has 1 fully saturated rings. The molecule has 3 aromatic carbocycles. The Labute approximate surface area is 183 Å². The van der Waals surface area contributed by atoms with Gasteiger partial charge in [-0.1, -0.05) is 18.2 Å². The lowest BCUT2D eigenvalue weighted by molar-refractivity contribution is -0.125. The lowest BCUT2D eigenvalue weighted by Crippen LogP contribution is -2.36. The smallest absolute Gasteiger partial charge is 0.243 e. The number of hydrogen-bond donors (Lipinski definition) is 2. The topological polar surface area (TPSA) is 70.7 Å². The summed E-state index contributed by atoms with van der Waals surface area (Å²) in [5, 5.41) is 0. The zero-order chi connectivity index (χ0) is 22.5. The van der Waals surface area contributed by atoms with Crippen LogP contribution < -0.4 is 20.5 Å². The summed E-state index contributed by atoms with van der Waals surface area (Å²) in [6.07, 6.45) is 0.0751. The highest BCUT2D eigenvalue weighted by Crippen LogP contribution is 2.25. The lowest BCUT2D eigenvalue weighted by Gasteiger charge is -2.17. The third-order valence-corrected chi connectivity index (χ3v) is 5.12. The van der Waals surface area contributed by atoms with Gasteiger partial charge in [0, 0.05) is 24.7 Å². The number of carbonyl (C=O) groups is 2. The van der Waals surface area contributed by atoms with Crippen LogP contribution in [0.1, 0.15) is 12.0 Å². The quantitative estimate of drug-likeness (QED) is 0.548. The molecule has 1 atom stereocenters. The van der Waals surface area contributed by atoms with E-state index < -0.39 is 5.92 Å². The summed E-state index contributed by atoms with van der Waals surface area (Å²) in [5.41, 5.74) is 7.46. The Morgan fingerprint density at radius 1 is 1.00 bits per heavy atom. The maximum atomic E-state index is 13.1. The summed E-state index contributed by atoms with van der Waals surface area (Å²) in [6.45, 7) is 0.498. The number of hydrogen-bond acceptors (Lipinski definition) is 4. The highest BCUT2D eigenvalue weighted by Gasteiger charge is 2.35. The lowest BCUT2D eigenvalue weighted by atomic mass is 10.1. The van der Waals surface area contributed by atoms with Crippen LogP contribution in [0.15, 0.2) is 72.8 Å². The third-order valence-electron chi connectivity index (χ3n) is 5.12. The van der Waals surface area contributed by atoms with Crippen LogP contribution in [0.2, 0.25) is 0 Å². The summed E-state index contributed by atoms with van der Waals surface area (Å²) in [4.78, 5) is 26.3. The van der Waals surface area contributed by atoms with Crippen molar-refractivity contribution in [3.8, 4) is 5.75 Å².